The van der Waals surface area contributed by atoms with E-state index < -0.39 is 8.80 Å². The van der Waals surface area contributed by atoms with E-state index in [9.17, 15) is 0 Å². The van der Waals surface area contributed by atoms with Crippen molar-refractivity contribution in [2.45, 2.75) is 31.5 Å². The first-order chi connectivity index (χ1) is 4.88. The van der Waals surface area contributed by atoms with Crippen LogP contribution < -0.4 is 0 Å². The molecule has 11 heavy (non-hydrogen) atoms. The molecule has 1 aliphatic rings. The van der Waals surface area contributed by atoms with Gasteiger partial charge in [-0.1, -0.05) is 50.2 Å². The molecule has 0 saturated carbocycles. The summed E-state index contributed by atoms with van der Waals surface area (Å²) in [6.07, 6.45) is 9.11. The Kier molecular flexibility index (Phi) is 6.04. The molecule has 1 rings (SSSR count). The van der Waals surface area contributed by atoms with Gasteiger partial charge in [-0.2, -0.15) is 0 Å². The smallest absolute Gasteiger partial charge is 0.0483 e. The van der Waals surface area contributed by atoms with Crippen LogP contribution >= 0.6 is 0 Å². The van der Waals surface area contributed by atoms with Gasteiger partial charge in [-0.15, -0.1) is 0 Å². The van der Waals surface area contributed by atoms with E-state index in [4.69, 9.17) is 0 Å². The molecule has 0 atom stereocenters. The van der Waals surface area contributed by atoms with E-state index in [1.54, 1.807) is 0 Å². The minimum atomic E-state index is -0.418. The predicted molar refractivity (Wildman–Crippen MR) is 55.9 cm³/mol. The van der Waals surface area contributed by atoms with Crippen molar-refractivity contribution >= 4 is 27.7 Å². The van der Waals surface area contributed by atoms with Crippen molar-refractivity contribution in [2.75, 3.05) is 0 Å². The molecule has 0 amide bonds. The summed E-state index contributed by atoms with van der Waals surface area (Å²) in [5, 5.41) is 0. The van der Waals surface area contributed by atoms with Crippen molar-refractivity contribution < 1.29 is 0 Å². The fourth-order valence-corrected chi connectivity index (χ4v) is 4.15. The second-order valence-corrected chi connectivity index (χ2v) is 6.85. The monoisotopic (exact) mass is 159 g/mol. The second kappa shape index (κ2) is 5.88. The van der Waals surface area contributed by atoms with Crippen LogP contribution in [0.4, 0.5) is 0 Å². The number of rotatable bonds is 3. The fourth-order valence-electron chi connectivity index (χ4n) is 1.60. The van der Waals surface area contributed by atoms with Crippen LogP contribution in [0.1, 0.15) is 13.8 Å². The van der Waals surface area contributed by atoms with Gasteiger partial charge in [-0.25, -0.2) is 0 Å². The molecule has 0 aromatic rings. The summed E-state index contributed by atoms with van der Waals surface area (Å²) in [6, 6.07) is 2.88. The van der Waals surface area contributed by atoms with E-state index in [2.05, 4.69) is 38.2 Å². The first-order valence-electron chi connectivity index (χ1n) is 4.23. The summed E-state index contributed by atoms with van der Waals surface area (Å²) >= 11 is 0. The van der Waals surface area contributed by atoms with Crippen LogP contribution in [0.2, 0.25) is 17.6 Å². The van der Waals surface area contributed by atoms with Gasteiger partial charge in [0.2, 0.25) is 0 Å². The standard InChI is InChI=1S/C9H16Si.Li/c1-3-10(4-2)9-7-5-6-8-9;/h5-10H,3-4H2,1-2H3;. The molecule has 0 fully saturated rings. The Balaban J connectivity index is 0.000001000. The number of hydrogen-bond donors (Lipinski definition) is 0. The van der Waals surface area contributed by atoms with Gasteiger partial charge < -0.3 is 0 Å². The van der Waals surface area contributed by atoms with Gasteiger partial charge in [0.1, 0.15) is 0 Å². The number of allylic oxidation sites excluding steroid dienone is 4. The minimum Gasteiger partial charge on any atom is -0.0807 e. The molecule has 0 N–H and O–H groups in total. The van der Waals surface area contributed by atoms with Gasteiger partial charge in [0.15, 0.2) is 0 Å². The Morgan fingerprint density at radius 1 is 1.09 bits per heavy atom. The molecule has 1 radical (unpaired) electrons. The number of hydrogen-bond acceptors (Lipinski definition) is 0. The first-order valence-corrected chi connectivity index (χ1v) is 6.53. The van der Waals surface area contributed by atoms with Crippen molar-refractivity contribution in [1.29, 1.82) is 0 Å². The normalized spacial score (nSPS) is 15.9. The fraction of sp³-hybridized carbons (Fsp3) is 0.556. The third-order valence-corrected chi connectivity index (χ3v) is 6.00. The van der Waals surface area contributed by atoms with Gasteiger partial charge in [-0.05, 0) is 5.54 Å². The maximum Gasteiger partial charge on any atom is 0.0483 e. The second-order valence-electron chi connectivity index (χ2n) is 2.92. The van der Waals surface area contributed by atoms with Crippen LogP contribution in [-0.4, -0.2) is 27.7 Å². The molecular weight excluding hydrogens is 143 g/mol. The van der Waals surface area contributed by atoms with Crippen LogP contribution in [0.15, 0.2) is 24.3 Å². The summed E-state index contributed by atoms with van der Waals surface area (Å²) in [6.45, 7) is 4.67. The molecule has 0 aromatic carbocycles. The molecule has 0 bridgehead atoms. The van der Waals surface area contributed by atoms with Crippen LogP contribution in [0.5, 0.6) is 0 Å². The first kappa shape index (κ1) is 11.3. The van der Waals surface area contributed by atoms with Crippen LogP contribution in [0, 0.1) is 0 Å². The molecular formula is C9H16LiSi. The molecule has 0 saturated heterocycles. The van der Waals surface area contributed by atoms with Crippen LogP contribution in [-0.2, 0) is 0 Å². The van der Waals surface area contributed by atoms with Crippen molar-refractivity contribution in [1.82, 2.24) is 0 Å². The van der Waals surface area contributed by atoms with Gasteiger partial charge in [-0.3, -0.25) is 0 Å². The van der Waals surface area contributed by atoms with Crippen molar-refractivity contribution in [2.24, 2.45) is 0 Å². The molecule has 0 unspecified atom stereocenters. The maximum atomic E-state index is 2.36. The summed E-state index contributed by atoms with van der Waals surface area (Å²) < 4.78 is 0. The molecule has 0 nitrogen and oxygen atoms in total. The van der Waals surface area contributed by atoms with Crippen LogP contribution in [0.3, 0.4) is 0 Å². The minimum absolute atomic E-state index is 0. The average Bonchev–Trinajstić information content (AvgIpc) is 2.43. The summed E-state index contributed by atoms with van der Waals surface area (Å²) in [5.74, 6) is 0. The van der Waals surface area contributed by atoms with Gasteiger partial charge in [0.05, 0.1) is 0 Å². The third kappa shape index (κ3) is 3.03. The Bertz CT molecular complexity index is 136. The summed E-state index contributed by atoms with van der Waals surface area (Å²) in [7, 11) is -0.418. The van der Waals surface area contributed by atoms with E-state index in [-0.39, 0.29) is 18.9 Å². The SMILES string of the molecule is CC[SiH](CC)C1C=CC=C1.[Li]. The Morgan fingerprint density at radius 2 is 1.55 bits per heavy atom. The summed E-state index contributed by atoms with van der Waals surface area (Å²) in [5.41, 5.74) is 0.870. The maximum absolute atomic E-state index is 2.36. The Labute approximate surface area is 83.5 Å². The topological polar surface area (TPSA) is 0 Å². The molecule has 0 heterocycles. The molecule has 0 spiro atoms. The van der Waals surface area contributed by atoms with E-state index >= 15 is 0 Å². The van der Waals surface area contributed by atoms with Crippen molar-refractivity contribution in [3.05, 3.63) is 24.3 Å². The van der Waals surface area contributed by atoms with Gasteiger partial charge in [0, 0.05) is 27.7 Å². The molecule has 0 aliphatic heterocycles. The largest absolute Gasteiger partial charge is 0.0807 e. The molecule has 0 aromatic heterocycles. The van der Waals surface area contributed by atoms with Gasteiger partial charge >= 0.3 is 0 Å². The average molecular weight is 159 g/mol. The quantitative estimate of drug-likeness (QED) is 0.555. The van der Waals surface area contributed by atoms with E-state index in [0.717, 1.165) is 5.54 Å². The van der Waals surface area contributed by atoms with Crippen molar-refractivity contribution in [3.63, 3.8) is 0 Å². The van der Waals surface area contributed by atoms with E-state index in [1.807, 2.05) is 0 Å². The summed E-state index contributed by atoms with van der Waals surface area (Å²) in [4.78, 5) is 0. The van der Waals surface area contributed by atoms with E-state index in [0.29, 0.717) is 0 Å². The Morgan fingerprint density at radius 3 is 1.91 bits per heavy atom. The zero-order chi connectivity index (χ0) is 7.40. The molecule has 2 heteroatoms. The zero-order valence-electron chi connectivity index (χ0n) is 7.88. The molecule has 1 aliphatic carbocycles. The van der Waals surface area contributed by atoms with Gasteiger partial charge in [0.25, 0.3) is 0 Å². The van der Waals surface area contributed by atoms with E-state index in [1.165, 1.54) is 12.1 Å². The van der Waals surface area contributed by atoms with Crippen molar-refractivity contribution in [3.8, 4) is 0 Å². The third-order valence-electron chi connectivity index (χ3n) is 2.37. The zero-order valence-corrected chi connectivity index (χ0v) is 9.03. The van der Waals surface area contributed by atoms with Crippen LogP contribution in [0.25, 0.3) is 0 Å². The molecule has 57 valence electrons. The Hall–Kier alpha value is 0.294. The predicted octanol–water partition coefficient (Wildman–Crippen LogP) is 2.37.